The van der Waals surface area contributed by atoms with E-state index in [0.717, 1.165) is 93.1 Å². The van der Waals surface area contributed by atoms with Gasteiger partial charge in [0.15, 0.2) is 0 Å². The van der Waals surface area contributed by atoms with E-state index in [2.05, 4.69) is 68.4 Å². The van der Waals surface area contributed by atoms with E-state index in [1.165, 1.54) is 43.0 Å². The summed E-state index contributed by atoms with van der Waals surface area (Å²) in [5, 5.41) is 8.03. The molecule has 0 aliphatic carbocycles. The van der Waals surface area contributed by atoms with Crippen molar-refractivity contribution >= 4 is 6.21 Å². The third-order valence-corrected chi connectivity index (χ3v) is 8.16. The van der Waals surface area contributed by atoms with Crippen LogP contribution in [0.25, 0.3) is 22.3 Å². The number of ether oxygens (including phenoxy) is 3. The maximum Gasteiger partial charge on any atom is 0.119 e. The zero-order valence-electron chi connectivity index (χ0n) is 24.6. The van der Waals surface area contributed by atoms with E-state index in [1.807, 2.05) is 12.1 Å². The molecule has 1 fully saturated rings. The Hall–Kier alpha value is -2.95. The summed E-state index contributed by atoms with van der Waals surface area (Å²) in [6, 6.07) is 23.6. The molecule has 1 aliphatic heterocycles. The number of unbranched alkanes of at least 4 members (excludes halogenated alkanes) is 5. The molecule has 3 aromatic rings. The normalized spacial score (nSPS) is 14.1. The van der Waals surface area contributed by atoms with E-state index in [-0.39, 0.29) is 5.41 Å². The van der Waals surface area contributed by atoms with Crippen molar-refractivity contribution in [3.63, 3.8) is 0 Å². The van der Waals surface area contributed by atoms with E-state index in [9.17, 15) is 0 Å². The van der Waals surface area contributed by atoms with Crippen molar-refractivity contribution in [1.29, 1.82) is 5.41 Å². The second-order valence-corrected chi connectivity index (χ2v) is 11.3. The van der Waals surface area contributed by atoms with Gasteiger partial charge in [0.2, 0.25) is 0 Å². The van der Waals surface area contributed by atoms with Crippen LogP contribution >= 0.6 is 0 Å². The monoisotopic (exact) mass is 541 g/mol. The van der Waals surface area contributed by atoms with Crippen molar-refractivity contribution in [2.45, 2.75) is 71.6 Å². The minimum Gasteiger partial charge on any atom is -0.494 e. The largest absolute Gasteiger partial charge is 0.494 e. The average molecular weight is 542 g/mol. The van der Waals surface area contributed by atoms with Gasteiger partial charge in [0, 0.05) is 23.8 Å². The molecular weight excluding hydrogens is 494 g/mol. The maximum absolute atomic E-state index is 8.03. The third kappa shape index (κ3) is 8.52. The second kappa shape index (κ2) is 15.7. The zero-order chi connectivity index (χ0) is 28.0. The summed E-state index contributed by atoms with van der Waals surface area (Å²) in [4.78, 5) is 0. The van der Waals surface area contributed by atoms with Gasteiger partial charge < -0.3 is 19.6 Å². The number of rotatable bonds is 18. The summed E-state index contributed by atoms with van der Waals surface area (Å²) in [5.74, 6) is 0.895. The molecule has 40 heavy (non-hydrogen) atoms. The molecule has 0 amide bonds. The van der Waals surface area contributed by atoms with Gasteiger partial charge in [0.1, 0.15) is 5.75 Å². The minimum absolute atomic E-state index is 0.286. The van der Waals surface area contributed by atoms with Crippen LogP contribution in [-0.2, 0) is 15.9 Å². The molecule has 1 heterocycles. The van der Waals surface area contributed by atoms with Gasteiger partial charge >= 0.3 is 0 Å². The van der Waals surface area contributed by atoms with Crippen LogP contribution in [0.15, 0.2) is 66.7 Å². The molecule has 3 aromatic carbocycles. The summed E-state index contributed by atoms with van der Waals surface area (Å²) in [7, 11) is 0. The molecular formula is C36H47NO3. The molecule has 0 saturated carbocycles. The van der Waals surface area contributed by atoms with Gasteiger partial charge in [0.25, 0.3) is 0 Å². The van der Waals surface area contributed by atoms with Gasteiger partial charge in [-0.2, -0.15) is 0 Å². The Morgan fingerprint density at radius 1 is 0.775 bits per heavy atom. The smallest absolute Gasteiger partial charge is 0.119 e. The van der Waals surface area contributed by atoms with Crippen LogP contribution in [0.5, 0.6) is 5.75 Å². The maximum atomic E-state index is 8.03. The molecule has 1 saturated heterocycles. The molecule has 0 bridgehead atoms. The zero-order valence-corrected chi connectivity index (χ0v) is 24.6. The van der Waals surface area contributed by atoms with E-state index >= 15 is 0 Å². The van der Waals surface area contributed by atoms with E-state index in [1.54, 1.807) is 0 Å². The highest BCUT2D eigenvalue weighted by molar-refractivity contribution is 5.91. The van der Waals surface area contributed by atoms with Crippen LogP contribution in [0.2, 0.25) is 0 Å². The fraction of sp³-hybridized carbons (Fsp3) is 0.472. The van der Waals surface area contributed by atoms with E-state index in [0.29, 0.717) is 0 Å². The number of benzene rings is 3. The summed E-state index contributed by atoms with van der Waals surface area (Å²) in [6.07, 6.45) is 12.0. The predicted molar refractivity (Wildman–Crippen MR) is 167 cm³/mol. The van der Waals surface area contributed by atoms with E-state index in [4.69, 9.17) is 19.6 Å². The van der Waals surface area contributed by atoms with Crippen LogP contribution in [0, 0.1) is 10.8 Å². The Morgan fingerprint density at radius 3 is 2.12 bits per heavy atom. The molecule has 0 unspecified atom stereocenters. The summed E-state index contributed by atoms with van der Waals surface area (Å²) in [5.41, 5.74) is 7.11. The first kappa shape index (κ1) is 30.0. The summed E-state index contributed by atoms with van der Waals surface area (Å²) < 4.78 is 17.2. The van der Waals surface area contributed by atoms with Crippen molar-refractivity contribution in [2.75, 3.05) is 33.0 Å². The summed E-state index contributed by atoms with van der Waals surface area (Å²) >= 11 is 0. The van der Waals surface area contributed by atoms with Gasteiger partial charge in [-0.1, -0.05) is 81.6 Å². The number of hydrogen-bond donors (Lipinski definition) is 1. The lowest BCUT2D eigenvalue weighted by atomic mass is 9.84. The minimum atomic E-state index is 0.286. The second-order valence-electron chi connectivity index (χ2n) is 11.3. The fourth-order valence-electron chi connectivity index (χ4n) is 5.22. The molecule has 0 radical (unpaired) electrons. The Morgan fingerprint density at radius 2 is 1.48 bits per heavy atom. The molecule has 0 aromatic heterocycles. The highest BCUT2D eigenvalue weighted by atomic mass is 16.5. The lowest BCUT2D eigenvalue weighted by Crippen LogP contribution is -2.45. The molecule has 214 valence electrons. The topological polar surface area (TPSA) is 51.5 Å². The van der Waals surface area contributed by atoms with Crippen molar-refractivity contribution in [1.82, 2.24) is 0 Å². The molecule has 1 N–H and O–H groups in total. The van der Waals surface area contributed by atoms with Crippen molar-refractivity contribution in [3.05, 3.63) is 77.9 Å². The van der Waals surface area contributed by atoms with Gasteiger partial charge in [-0.25, -0.2) is 0 Å². The first-order chi connectivity index (χ1) is 19.7. The SMILES string of the molecule is CCCCCc1ccc(-c2ccc(-c3ccc(OCCCCCCOCC4(CC)COC4)cc3)c(C=N)c2)cc1. The Labute approximate surface area is 241 Å². The highest BCUT2D eigenvalue weighted by Crippen LogP contribution is 2.32. The standard InChI is InChI=1S/C36H47NO3/c1-3-5-8-11-29-12-14-30(15-13-29)32-18-21-35(33(24-32)25-37)31-16-19-34(20-17-31)40-23-10-7-6-9-22-38-26-36(4-2)27-39-28-36/h12-21,24-25,37H,3-11,22-23,26-28H2,1-2H3. The number of aryl methyl sites for hydroxylation is 1. The first-order valence-corrected chi connectivity index (χ1v) is 15.3. The molecule has 0 spiro atoms. The van der Waals surface area contributed by atoms with Gasteiger partial charge in [-0.3, -0.25) is 0 Å². The summed E-state index contributed by atoms with van der Waals surface area (Å²) in [6.45, 7) is 8.58. The molecule has 0 atom stereocenters. The molecule has 1 aliphatic rings. The van der Waals surface area contributed by atoms with Crippen molar-refractivity contribution < 1.29 is 14.2 Å². The highest BCUT2D eigenvalue weighted by Gasteiger charge is 2.36. The average Bonchev–Trinajstić information content (AvgIpc) is 2.98. The third-order valence-electron chi connectivity index (χ3n) is 8.16. The molecule has 4 rings (SSSR count). The first-order valence-electron chi connectivity index (χ1n) is 15.3. The van der Waals surface area contributed by atoms with Crippen LogP contribution in [0.1, 0.15) is 76.3 Å². The molecule has 4 nitrogen and oxygen atoms in total. The Bertz CT molecular complexity index is 1160. The van der Waals surface area contributed by atoms with Crippen LogP contribution in [0.3, 0.4) is 0 Å². The van der Waals surface area contributed by atoms with E-state index < -0.39 is 0 Å². The molecule has 4 heteroatoms. The Kier molecular flexibility index (Phi) is 11.8. The fourth-order valence-corrected chi connectivity index (χ4v) is 5.22. The lowest BCUT2D eigenvalue weighted by molar-refractivity contribution is -0.150. The van der Waals surface area contributed by atoms with Crippen LogP contribution in [-0.4, -0.2) is 39.2 Å². The predicted octanol–water partition coefficient (Wildman–Crippen LogP) is 9.13. The number of hydrogen-bond acceptors (Lipinski definition) is 4. The van der Waals surface area contributed by atoms with Gasteiger partial charge in [0.05, 0.1) is 26.4 Å². The van der Waals surface area contributed by atoms with Gasteiger partial charge in [-0.15, -0.1) is 0 Å². The van der Waals surface area contributed by atoms with Crippen molar-refractivity contribution in [2.24, 2.45) is 5.41 Å². The van der Waals surface area contributed by atoms with Crippen LogP contribution in [0.4, 0.5) is 0 Å². The quantitative estimate of drug-likeness (QED) is 0.129. The Balaban J connectivity index is 1.20. The van der Waals surface area contributed by atoms with Gasteiger partial charge in [-0.05, 0) is 84.5 Å². The van der Waals surface area contributed by atoms with Crippen LogP contribution < -0.4 is 4.74 Å². The number of nitrogens with one attached hydrogen (secondary N) is 1. The van der Waals surface area contributed by atoms with Crippen molar-refractivity contribution in [3.8, 4) is 28.0 Å². The lowest BCUT2D eigenvalue weighted by Gasteiger charge is -2.40.